The lowest BCUT2D eigenvalue weighted by Gasteiger charge is -2.35. The Morgan fingerprint density at radius 1 is 1.29 bits per heavy atom. The van der Waals surface area contributed by atoms with Gasteiger partial charge in [-0.2, -0.15) is 0 Å². The molecule has 0 atom stereocenters. The van der Waals surface area contributed by atoms with E-state index in [0.717, 1.165) is 0 Å². The maximum Gasteiger partial charge on any atom is 0.336 e. The largest absolute Gasteiger partial charge is 0.349 e. The summed E-state index contributed by atoms with van der Waals surface area (Å²) in [5, 5.41) is -1.18. The zero-order valence-electron chi connectivity index (χ0n) is 8.47. The summed E-state index contributed by atoms with van der Waals surface area (Å²) in [6, 6.07) is 0. The monoisotopic (exact) mass is 224 g/mol. The number of hydrogen-bond acceptors (Lipinski definition) is 3. The van der Waals surface area contributed by atoms with Gasteiger partial charge in [0.15, 0.2) is 6.29 Å². The van der Waals surface area contributed by atoms with Crippen molar-refractivity contribution in [1.82, 2.24) is 0 Å². The Morgan fingerprint density at radius 3 is 2.00 bits per heavy atom. The molecule has 0 radical (unpaired) electrons. The topological polar surface area (TPSA) is 76.0 Å². The fourth-order valence-electron chi connectivity index (χ4n) is 1.80. The molecule has 1 fully saturated rings. The molecule has 1 rings (SSSR count). The highest BCUT2D eigenvalue weighted by atomic mass is 31.2. The highest BCUT2D eigenvalue weighted by molar-refractivity contribution is 7.53. The van der Waals surface area contributed by atoms with Gasteiger partial charge in [-0.3, -0.25) is 4.57 Å². The van der Waals surface area contributed by atoms with Gasteiger partial charge >= 0.3 is 7.60 Å². The van der Waals surface area contributed by atoms with Crippen molar-refractivity contribution in [3.63, 3.8) is 0 Å². The van der Waals surface area contributed by atoms with Gasteiger partial charge in [-0.15, -0.1) is 0 Å². The van der Waals surface area contributed by atoms with Crippen molar-refractivity contribution in [2.24, 2.45) is 0 Å². The van der Waals surface area contributed by atoms with E-state index >= 15 is 0 Å². The standard InChI is InChI=1S/C8H17O5P/c1-3-8(4-2,14(9,10)11)7-12-5-6-13-7/h7H,3-6H2,1-2H3,(H2,9,10,11). The van der Waals surface area contributed by atoms with Gasteiger partial charge < -0.3 is 19.3 Å². The van der Waals surface area contributed by atoms with Crippen molar-refractivity contribution in [1.29, 1.82) is 0 Å². The molecular formula is C8H17O5P. The van der Waals surface area contributed by atoms with E-state index < -0.39 is 19.0 Å². The van der Waals surface area contributed by atoms with E-state index in [1.54, 1.807) is 13.8 Å². The Balaban J connectivity index is 2.95. The van der Waals surface area contributed by atoms with Gasteiger partial charge in [0, 0.05) is 0 Å². The van der Waals surface area contributed by atoms with E-state index in [4.69, 9.17) is 9.47 Å². The molecule has 0 aliphatic carbocycles. The van der Waals surface area contributed by atoms with E-state index in [-0.39, 0.29) is 0 Å². The van der Waals surface area contributed by atoms with E-state index in [1.807, 2.05) is 0 Å². The van der Waals surface area contributed by atoms with Gasteiger partial charge in [0.25, 0.3) is 0 Å². The second-order valence-electron chi connectivity index (χ2n) is 3.43. The Hall–Kier alpha value is 0.0700. The zero-order valence-corrected chi connectivity index (χ0v) is 9.37. The van der Waals surface area contributed by atoms with E-state index in [0.29, 0.717) is 26.1 Å². The number of rotatable bonds is 4. The third-order valence-corrected chi connectivity index (χ3v) is 4.87. The summed E-state index contributed by atoms with van der Waals surface area (Å²) in [7, 11) is -4.21. The molecule has 0 amide bonds. The lowest BCUT2D eigenvalue weighted by atomic mass is 10.0. The maximum atomic E-state index is 11.4. The van der Waals surface area contributed by atoms with Crippen LogP contribution in [-0.2, 0) is 14.0 Å². The lowest BCUT2D eigenvalue weighted by Crippen LogP contribution is -2.41. The van der Waals surface area contributed by atoms with Gasteiger partial charge in [0.05, 0.1) is 13.2 Å². The molecule has 5 nitrogen and oxygen atoms in total. The Morgan fingerprint density at radius 2 is 1.71 bits per heavy atom. The second-order valence-corrected chi connectivity index (χ2v) is 5.41. The smallest absolute Gasteiger partial charge is 0.336 e. The third kappa shape index (κ3) is 1.88. The minimum Gasteiger partial charge on any atom is -0.349 e. The Bertz CT molecular complexity index is 226. The van der Waals surface area contributed by atoms with Crippen molar-refractivity contribution in [3.05, 3.63) is 0 Å². The summed E-state index contributed by atoms with van der Waals surface area (Å²) in [4.78, 5) is 18.7. The molecule has 0 aromatic rings. The number of ether oxygens (including phenoxy) is 2. The first kappa shape index (κ1) is 12.1. The lowest BCUT2D eigenvalue weighted by molar-refractivity contribution is -0.0798. The van der Waals surface area contributed by atoms with Crippen LogP contribution in [0, 0.1) is 0 Å². The van der Waals surface area contributed by atoms with E-state index in [2.05, 4.69) is 0 Å². The van der Waals surface area contributed by atoms with E-state index in [1.165, 1.54) is 0 Å². The summed E-state index contributed by atoms with van der Waals surface area (Å²) in [5.74, 6) is 0. The summed E-state index contributed by atoms with van der Waals surface area (Å²) < 4.78 is 21.9. The van der Waals surface area contributed by atoms with Crippen LogP contribution in [-0.4, -0.2) is 34.4 Å². The summed E-state index contributed by atoms with van der Waals surface area (Å²) in [5.41, 5.74) is 0. The summed E-state index contributed by atoms with van der Waals surface area (Å²) in [6.07, 6.45) is -0.0741. The molecular weight excluding hydrogens is 207 g/mol. The maximum absolute atomic E-state index is 11.4. The third-order valence-electron chi connectivity index (χ3n) is 2.87. The van der Waals surface area contributed by atoms with Crippen LogP contribution in [0.5, 0.6) is 0 Å². The average Bonchev–Trinajstić information content (AvgIpc) is 2.58. The SMILES string of the molecule is CCC(CC)(C1OCCO1)P(=O)(O)O. The van der Waals surface area contributed by atoms with Gasteiger partial charge in [0.2, 0.25) is 0 Å². The fourth-order valence-corrected chi connectivity index (χ4v) is 3.05. The van der Waals surface area contributed by atoms with Crippen LogP contribution in [0.25, 0.3) is 0 Å². The van der Waals surface area contributed by atoms with Crippen LogP contribution in [0.3, 0.4) is 0 Å². The molecule has 14 heavy (non-hydrogen) atoms. The minimum absolute atomic E-state index is 0.346. The molecule has 1 aliphatic rings. The predicted molar refractivity (Wildman–Crippen MR) is 51.0 cm³/mol. The molecule has 0 bridgehead atoms. The molecule has 6 heteroatoms. The normalized spacial score (nSPS) is 20.3. The van der Waals surface area contributed by atoms with Crippen molar-refractivity contribution in [3.8, 4) is 0 Å². The first-order chi connectivity index (χ1) is 6.48. The van der Waals surface area contributed by atoms with Gasteiger partial charge in [0.1, 0.15) is 5.16 Å². The highest BCUT2D eigenvalue weighted by Crippen LogP contribution is 2.57. The minimum atomic E-state index is -4.21. The first-order valence-electron chi connectivity index (χ1n) is 4.76. The van der Waals surface area contributed by atoms with Crippen LogP contribution in [0.15, 0.2) is 0 Å². The van der Waals surface area contributed by atoms with E-state index in [9.17, 15) is 14.4 Å². The van der Waals surface area contributed by atoms with Crippen molar-refractivity contribution in [2.75, 3.05) is 13.2 Å². The van der Waals surface area contributed by atoms with Crippen LogP contribution in [0.1, 0.15) is 26.7 Å². The molecule has 1 heterocycles. The molecule has 0 unspecified atom stereocenters. The van der Waals surface area contributed by atoms with Gasteiger partial charge in [-0.05, 0) is 12.8 Å². The zero-order chi connectivity index (χ0) is 10.8. The van der Waals surface area contributed by atoms with Crippen LogP contribution >= 0.6 is 7.60 Å². The second kappa shape index (κ2) is 4.29. The molecule has 0 aromatic carbocycles. The molecule has 1 aliphatic heterocycles. The summed E-state index contributed by atoms with van der Waals surface area (Å²) >= 11 is 0. The van der Waals surface area contributed by atoms with Crippen molar-refractivity contribution >= 4 is 7.60 Å². The Kier molecular flexibility index (Phi) is 3.72. The number of hydrogen-bond donors (Lipinski definition) is 2. The van der Waals surface area contributed by atoms with Gasteiger partial charge in [-0.1, -0.05) is 13.8 Å². The fraction of sp³-hybridized carbons (Fsp3) is 1.00. The predicted octanol–water partition coefficient (Wildman–Crippen LogP) is 1.10. The van der Waals surface area contributed by atoms with Crippen molar-refractivity contribution < 1.29 is 23.8 Å². The van der Waals surface area contributed by atoms with Crippen LogP contribution in [0.4, 0.5) is 0 Å². The molecule has 0 aromatic heterocycles. The molecule has 0 saturated carbocycles. The Labute approximate surface area is 83.6 Å². The first-order valence-corrected chi connectivity index (χ1v) is 6.38. The van der Waals surface area contributed by atoms with Crippen molar-refractivity contribution in [2.45, 2.75) is 38.1 Å². The summed E-state index contributed by atoms with van der Waals surface area (Å²) in [6.45, 7) is 4.31. The molecule has 2 N–H and O–H groups in total. The van der Waals surface area contributed by atoms with Crippen LogP contribution in [0.2, 0.25) is 0 Å². The highest BCUT2D eigenvalue weighted by Gasteiger charge is 2.52. The molecule has 84 valence electrons. The van der Waals surface area contributed by atoms with Crippen LogP contribution < -0.4 is 0 Å². The molecule has 0 spiro atoms. The average molecular weight is 224 g/mol. The van der Waals surface area contributed by atoms with Gasteiger partial charge in [-0.25, -0.2) is 0 Å². The quantitative estimate of drug-likeness (QED) is 0.699. The molecule has 1 saturated heterocycles.